The maximum absolute atomic E-state index is 13.0. The van der Waals surface area contributed by atoms with Gasteiger partial charge in [-0.05, 0) is 37.5 Å². The molecular formula is C21H28N6O3. The van der Waals surface area contributed by atoms with Gasteiger partial charge in [0, 0.05) is 30.0 Å². The first kappa shape index (κ1) is 20.2. The molecule has 0 unspecified atom stereocenters. The summed E-state index contributed by atoms with van der Waals surface area (Å²) in [5.41, 5.74) is 9.29. The summed E-state index contributed by atoms with van der Waals surface area (Å²) in [5, 5.41) is 6.13. The van der Waals surface area contributed by atoms with Gasteiger partial charge in [0.15, 0.2) is 0 Å². The molecule has 2 aliphatic rings. The Kier molecular flexibility index (Phi) is 5.89. The minimum Gasteiger partial charge on any atom is -0.453 e. The second-order valence-electron chi connectivity index (χ2n) is 7.83. The number of fused-ring (bicyclic) bond motifs is 4. The van der Waals surface area contributed by atoms with E-state index < -0.39 is 6.09 Å². The number of amides is 2. The number of H-pyrrole nitrogens is 1. The molecule has 1 aromatic heterocycles. The fourth-order valence-electron chi connectivity index (χ4n) is 3.86. The fraction of sp³-hybridized carbons (Fsp3) is 0.476. The van der Waals surface area contributed by atoms with Crippen LogP contribution in [0.5, 0.6) is 0 Å². The van der Waals surface area contributed by atoms with E-state index in [4.69, 9.17) is 10.5 Å². The van der Waals surface area contributed by atoms with Crippen molar-refractivity contribution in [2.75, 3.05) is 30.8 Å². The van der Waals surface area contributed by atoms with Crippen LogP contribution in [0.2, 0.25) is 0 Å². The molecule has 160 valence electrons. The van der Waals surface area contributed by atoms with Gasteiger partial charge in [-0.2, -0.15) is 0 Å². The van der Waals surface area contributed by atoms with Crippen molar-refractivity contribution in [1.29, 1.82) is 0 Å². The molecule has 1 fully saturated rings. The van der Waals surface area contributed by atoms with Crippen LogP contribution in [0.25, 0.3) is 11.3 Å². The van der Waals surface area contributed by atoms with E-state index in [-0.39, 0.29) is 18.0 Å². The van der Waals surface area contributed by atoms with Gasteiger partial charge in [0.05, 0.1) is 25.0 Å². The molecule has 3 heterocycles. The number of imidazole rings is 1. The number of aromatic amines is 1. The summed E-state index contributed by atoms with van der Waals surface area (Å²) in [6.45, 7) is 1.62. The van der Waals surface area contributed by atoms with Crippen molar-refractivity contribution in [3.63, 3.8) is 0 Å². The van der Waals surface area contributed by atoms with E-state index >= 15 is 0 Å². The van der Waals surface area contributed by atoms with Gasteiger partial charge >= 0.3 is 6.09 Å². The normalized spacial score (nSPS) is 21.2. The van der Waals surface area contributed by atoms with Crippen LogP contribution >= 0.6 is 0 Å². The molecule has 2 aromatic rings. The van der Waals surface area contributed by atoms with Crippen LogP contribution in [0.1, 0.15) is 44.0 Å². The Balaban J connectivity index is 1.71. The summed E-state index contributed by atoms with van der Waals surface area (Å²) < 4.78 is 4.70. The number of aromatic nitrogens is 2. The summed E-state index contributed by atoms with van der Waals surface area (Å²) in [7, 11) is 1.32. The van der Waals surface area contributed by atoms with Gasteiger partial charge in [0.25, 0.3) is 0 Å². The van der Waals surface area contributed by atoms with Crippen LogP contribution in [-0.2, 0) is 9.53 Å². The third kappa shape index (κ3) is 4.25. The molecule has 1 saturated heterocycles. The zero-order valence-electron chi connectivity index (χ0n) is 17.1. The maximum atomic E-state index is 13.0. The van der Waals surface area contributed by atoms with Crippen molar-refractivity contribution in [1.82, 2.24) is 14.9 Å². The first-order valence-electron chi connectivity index (χ1n) is 10.4. The number of carbonyl (C=O) groups is 2. The Hall–Kier alpha value is -3.07. The number of methoxy groups -OCH3 is 1. The molecular weight excluding hydrogens is 384 g/mol. The van der Waals surface area contributed by atoms with Crippen LogP contribution in [0.15, 0.2) is 24.4 Å². The lowest BCUT2D eigenvalue weighted by molar-refractivity contribution is -0.135. The van der Waals surface area contributed by atoms with Crippen LogP contribution < -0.4 is 16.4 Å². The molecule has 9 nitrogen and oxygen atoms in total. The first-order chi connectivity index (χ1) is 14.5. The number of nitrogens with two attached hydrogens (primary N) is 1. The van der Waals surface area contributed by atoms with E-state index in [1.165, 1.54) is 7.11 Å². The topological polar surface area (TPSA) is 125 Å². The summed E-state index contributed by atoms with van der Waals surface area (Å²) in [6.07, 6.45) is 5.59. The number of hydrogen-bond donors (Lipinski definition) is 4. The van der Waals surface area contributed by atoms with Crippen LogP contribution in [0.3, 0.4) is 0 Å². The molecule has 4 rings (SSSR count). The maximum Gasteiger partial charge on any atom is 0.411 e. The number of hydrogen-bond acceptors (Lipinski definition) is 6. The molecule has 1 aromatic carbocycles. The van der Waals surface area contributed by atoms with E-state index in [9.17, 15) is 9.59 Å². The van der Waals surface area contributed by atoms with Crippen molar-refractivity contribution < 1.29 is 14.3 Å². The Morgan fingerprint density at radius 1 is 1.23 bits per heavy atom. The summed E-state index contributed by atoms with van der Waals surface area (Å²) in [5.74, 6) is 0.867. The molecule has 2 atom stereocenters. The second kappa shape index (κ2) is 8.74. The molecule has 0 aliphatic carbocycles. The van der Waals surface area contributed by atoms with Crippen LogP contribution in [0.4, 0.5) is 16.2 Å². The minimum atomic E-state index is -0.550. The smallest absolute Gasteiger partial charge is 0.411 e. The average Bonchev–Trinajstić information content (AvgIpc) is 3.18. The molecule has 9 heteroatoms. The minimum absolute atomic E-state index is 0.116. The highest BCUT2D eigenvalue weighted by molar-refractivity contribution is 5.90. The Labute approximate surface area is 175 Å². The van der Waals surface area contributed by atoms with Crippen LogP contribution in [-0.4, -0.2) is 53.1 Å². The molecule has 2 amide bonds. The standard InChI is InChI=1S/C21H28N6O3/c1-30-21(29)24-13-7-8-14-17(11-13)25-16(20(28)27-9-4-10-27)6-3-2-5-15(22)19-23-12-18(14)26-19/h7-8,11-12,15-16,25H,2-6,9-10,22H2,1H3,(H,23,26)(H,24,29)/t15-,16+/m0/s1. The van der Waals surface area contributed by atoms with Gasteiger partial charge < -0.3 is 25.7 Å². The van der Waals surface area contributed by atoms with E-state index in [1.54, 1.807) is 12.3 Å². The quantitative estimate of drug-likeness (QED) is 0.601. The fourth-order valence-corrected chi connectivity index (χ4v) is 3.86. The third-order valence-corrected chi connectivity index (χ3v) is 5.74. The predicted molar refractivity (Wildman–Crippen MR) is 114 cm³/mol. The van der Waals surface area contributed by atoms with E-state index in [1.807, 2.05) is 17.0 Å². The van der Waals surface area contributed by atoms with E-state index in [2.05, 4.69) is 20.6 Å². The van der Waals surface area contributed by atoms with Crippen molar-refractivity contribution in [3.05, 3.63) is 30.2 Å². The highest BCUT2D eigenvalue weighted by Gasteiger charge is 2.29. The van der Waals surface area contributed by atoms with E-state index in [0.717, 1.165) is 68.0 Å². The number of ether oxygens (including phenoxy) is 1. The summed E-state index contributed by atoms with van der Waals surface area (Å²) in [4.78, 5) is 34.4. The predicted octanol–water partition coefficient (Wildman–Crippen LogP) is 2.84. The van der Waals surface area contributed by atoms with Gasteiger partial charge in [-0.15, -0.1) is 0 Å². The average molecular weight is 412 g/mol. The largest absolute Gasteiger partial charge is 0.453 e. The number of nitrogens with zero attached hydrogens (tertiary/aromatic N) is 2. The number of benzene rings is 1. The summed E-state index contributed by atoms with van der Waals surface area (Å²) >= 11 is 0. The Bertz CT molecular complexity index is 923. The number of nitrogens with one attached hydrogen (secondary N) is 3. The van der Waals surface area contributed by atoms with Gasteiger partial charge in [-0.3, -0.25) is 10.1 Å². The molecule has 5 N–H and O–H groups in total. The lowest BCUT2D eigenvalue weighted by atomic mass is 10.0. The van der Waals surface area contributed by atoms with Gasteiger partial charge in [-0.25, -0.2) is 9.78 Å². The lowest BCUT2D eigenvalue weighted by Gasteiger charge is -2.35. The van der Waals surface area contributed by atoms with E-state index in [0.29, 0.717) is 5.69 Å². The van der Waals surface area contributed by atoms with Gasteiger partial charge in [0.2, 0.25) is 5.91 Å². The Morgan fingerprint density at radius 3 is 2.77 bits per heavy atom. The monoisotopic (exact) mass is 412 g/mol. The van der Waals surface area contributed by atoms with Gasteiger partial charge in [-0.1, -0.05) is 12.8 Å². The SMILES string of the molecule is COC(=O)Nc1ccc2c(c1)N[C@@H](C(=O)N1CCC1)CCCC[C@H](N)c1ncc-2[nH]1. The van der Waals surface area contributed by atoms with Crippen molar-refractivity contribution in [2.24, 2.45) is 5.73 Å². The third-order valence-electron chi connectivity index (χ3n) is 5.74. The number of rotatable bonds is 2. The molecule has 0 saturated carbocycles. The number of carbonyl (C=O) groups excluding carboxylic acids is 2. The number of anilines is 2. The zero-order valence-corrected chi connectivity index (χ0v) is 17.1. The number of likely N-dealkylation sites (tertiary alicyclic amines) is 1. The van der Waals surface area contributed by atoms with Crippen molar-refractivity contribution in [3.8, 4) is 11.3 Å². The lowest BCUT2D eigenvalue weighted by Crippen LogP contribution is -2.49. The van der Waals surface area contributed by atoms with Gasteiger partial charge in [0.1, 0.15) is 11.9 Å². The van der Waals surface area contributed by atoms with Crippen LogP contribution in [0, 0.1) is 0 Å². The highest BCUT2D eigenvalue weighted by atomic mass is 16.5. The van der Waals surface area contributed by atoms with Crippen molar-refractivity contribution >= 4 is 23.4 Å². The summed E-state index contributed by atoms with van der Waals surface area (Å²) in [6, 6.07) is 4.98. The molecule has 2 aliphatic heterocycles. The molecule has 0 spiro atoms. The molecule has 30 heavy (non-hydrogen) atoms. The Morgan fingerprint density at radius 2 is 2.03 bits per heavy atom. The first-order valence-corrected chi connectivity index (χ1v) is 10.4. The highest BCUT2D eigenvalue weighted by Crippen LogP contribution is 2.33. The van der Waals surface area contributed by atoms with Crippen molar-refractivity contribution in [2.45, 2.75) is 44.2 Å². The molecule has 0 radical (unpaired) electrons. The zero-order chi connectivity index (χ0) is 21.1. The second-order valence-corrected chi connectivity index (χ2v) is 7.83. The molecule has 2 bridgehead atoms.